The van der Waals surface area contributed by atoms with Crippen LogP contribution in [0.1, 0.15) is 45.2 Å². The molecule has 2 unspecified atom stereocenters. The number of carbonyl (C=O) groups is 1. The Morgan fingerprint density at radius 2 is 2.30 bits per heavy atom. The van der Waals surface area contributed by atoms with Gasteiger partial charge in [-0.15, -0.1) is 6.58 Å². The molecule has 0 saturated carbocycles. The summed E-state index contributed by atoms with van der Waals surface area (Å²) in [6, 6.07) is 2.03. The van der Waals surface area contributed by atoms with Gasteiger partial charge in [-0.3, -0.25) is 9.78 Å². The SMILES string of the molecule is C=CCC1Cc2ccncc2C1(C)C(=O)NC(C)(C)C. The molecule has 0 aromatic carbocycles. The van der Waals surface area contributed by atoms with Gasteiger partial charge in [0, 0.05) is 17.9 Å². The smallest absolute Gasteiger partial charge is 0.231 e. The van der Waals surface area contributed by atoms with Crippen molar-refractivity contribution in [3.63, 3.8) is 0 Å². The van der Waals surface area contributed by atoms with Crippen LogP contribution in [0.4, 0.5) is 0 Å². The Bertz CT molecular complexity index is 530. The molecule has 20 heavy (non-hydrogen) atoms. The first kappa shape index (κ1) is 14.8. The molecular formula is C17H24N2O. The molecule has 0 saturated heterocycles. The number of rotatable bonds is 3. The fraction of sp³-hybridized carbons (Fsp3) is 0.529. The summed E-state index contributed by atoms with van der Waals surface area (Å²) in [6.07, 6.45) is 7.31. The molecule has 1 aromatic heterocycles. The minimum Gasteiger partial charge on any atom is -0.351 e. The number of hydrogen-bond donors (Lipinski definition) is 1. The number of amides is 1. The largest absolute Gasteiger partial charge is 0.351 e. The van der Waals surface area contributed by atoms with Gasteiger partial charge in [0.2, 0.25) is 5.91 Å². The Labute approximate surface area is 121 Å². The predicted molar refractivity (Wildman–Crippen MR) is 81.5 cm³/mol. The molecule has 2 rings (SSSR count). The summed E-state index contributed by atoms with van der Waals surface area (Å²) >= 11 is 0. The average Bonchev–Trinajstić information content (AvgIpc) is 2.63. The van der Waals surface area contributed by atoms with Crippen molar-refractivity contribution in [2.45, 2.75) is 51.5 Å². The monoisotopic (exact) mass is 272 g/mol. The summed E-state index contributed by atoms with van der Waals surface area (Å²) in [5.74, 6) is 0.338. The highest BCUT2D eigenvalue weighted by molar-refractivity contribution is 5.90. The fourth-order valence-corrected chi connectivity index (χ4v) is 3.06. The molecule has 0 spiro atoms. The molecule has 1 aliphatic carbocycles. The van der Waals surface area contributed by atoms with E-state index in [2.05, 4.69) is 16.9 Å². The van der Waals surface area contributed by atoms with Gasteiger partial charge in [-0.1, -0.05) is 6.08 Å². The van der Waals surface area contributed by atoms with Crippen molar-refractivity contribution in [1.29, 1.82) is 0 Å². The molecule has 1 N–H and O–H groups in total. The number of pyridine rings is 1. The first-order valence-corrected chi connectivity index (χ1v) is 7.16. The zero-order valence-electron chi connectivity index (χ0n) is 12.9. The van der Waals surface area contributed by atoms with Crippen molar-refractivity contribution in [3.05, 3.63) is 42.2 Å². The highest BCUT2D eigenvalue weighted by Crippen LogP contribution is 2.45. The Balaban J connectivity index is 2.42. The predicted octanol–water partition coefficient (Wildman–Crippen LogP) is 3.00. The van der Waals surface area contributed by atoms with Crippen molar-refractivity contribution in [2.24, 2.45) is 5.92 Å². The summed E-state index contributed by atoms with van der Waals surface area (Å²) < 4.78 is 0. The third kappa shape index (κ3) is 2.49. The van der Waals surface area contributed by atoms with E-state index in [1.54, 1.807) is 6.20 Å². The zero-order chi connectivity index (χ0) is 15.0. The van der Waals surface area contributed by atoms with E-state index in [1.807, 2.05) is 46.0 Å². The van der Waals surface area contributed by atoms with Crippen LogP contribution in [0.2, 0.25) is 0 Å². The van der Waals surface area contributed by atoms with Gasteiger partial charge in [0.05, 0.1) is 5.41 Å². The van der Waals surface area contributed by atoms with Crippen molar-refractivity contribution in [3.8, 4) is 0 Å². The van der Waals surface area contributed by atoms with Crippen molar-refractivity contribution >= 4 is 5.91 Å². The van der Waals surface area contributed by atoms with Crippen LogP contribution < -0.4 is 5.32 Å². The third-order valence-corrected chi connectivity index (χ3v) is 4.17. The maximum atomic E-state index is 12.9. The Morgan fingerprint density at radius 3 is 2.90 bits per heavy atom. The molecule has 1 heterocycles. The van der Waals surface area contributed by atoms with Crippen molar-refractivity contribution in [1.82, 2.24) is 10.3 Å². The van der Waals surface area contributed by atoms with E-state index in [-0.39, 0.29) is 17.4 Å². The van der Waals surface area contributed by atoms with Crippen molar-refractivity contribution < 1.29 is 4.79 Å². The lowest BCUT2D eigenvalue weighted by molar-refractivity contribution is -0.129. The number of nitrogens with zero attached hydrogens (tertiary/aromatic N) is 1. The quantitative estimate of drug-likeness (QED) is 0.859. The van der Waals surface area contributed by atoms with Gasteiger partial charge in [-0.05, 0) is 63.6 Å². The second-order valence-corrected chi connectivity index (χ2v) is 6.86. The van der Waals surface area contributed by atoms with Crippen LogP contribution >= 0.6 is 0 Å². The molecule has 108 valence electrons. The van der Waals surface area contributed by atoms with Crippen LogP contribution in [0.25, 0.3) is 0 Å². The summed E-state index contributed by atoms with van der Waals surface area (Å²) in [7, 11) is 0. The van der Waals surface area contributed by atoms with E-state index < -0.39 is 5.41 Å². The molecule has 3 heteroatoms. The first-order valence-electron chi connectivity index (χ1n) is 7.16. The van der Waals surface area contributed by atoms with Gasteiger partial charge in [0.15, 0.2) is 0 Å². The van der Waals surface area contributed by atoms with E-state index in [4.69, 9.17) is 0 Å². The van der Waals surface area contributed by atoms with E-state index in [1.165, 1.54) is 5.56 Å². The van der Waals surface area contributed by atoms with Gasteiger partial charge in [0.25, 0.3) is 0 Å². The molecule has 1 aromatic rings. The molecule has 3 nitrogen and oxygen atoms in total. The standard InChI is InChI=1S/C17H24N2O/c1-6-7-13-10-12-8-9-18-11-14(12)17(13,5)15(20)19-16(2,3)4/h6,8-9,11,13H,1,7,10H2,2-5H3,(H,19,20). The molecular weight excluding hydrogens is 248 g/mol. The maximum absolute atomic E-state index is 12.9. The van der Waals surface area contributed by atoms with Gasteiger partial charge in [-0.2, -0.15) is 0 Å². The highest BCUT2D eigenvalue weighted by Gasteiger charge is 2.48. The summed E-state index contributed by atoms with van der Waals surface area (Å²) in [4.78, 5) is 17.1. The second-order valence-electron chi connectivity index (χ2n) is 6.86. The number of allylic oxidation sites excluding steroid dienone is 1. The first-order chi connectivity index (χ1) is 9.29. The lowest BCUT2D eigenvalue weighted by Crippen LogP contribution is -2.51. The number of aromatic nitrogens is 1. The Hall–Kier alpha value is -1.64. The van der Waals surface area contributed by atoms with Crippen LogP contribution in [0, 0.1) is 5.92 Å². The zero-order valence-corrected chi connectivity index (χ0v) is 12.9. The van der Waals surface area contributed by atoms with Gasteiger partial charge in [0.1, 0.15) is 0 Å². The van der Waals surface area contributed by atoms with E-state index >= 15 is 0 Å². The lowest BCUT2D eigenvalue weighted by Gasteiger charge is -2.34. The number of fused-ring (bicyclic) bond motifs is 1. The van der Waals surface area contributed by atoms with Crippen LogP contribution in [0.5, 0.6) is 0 Å². The minimum absolute atomic E-state index is 0.0867. The lowest BCUT2D eigenvalue weighted by atomic mass is 9.74. The number of nitrogens with one attached hydrogen (secondary N) is 1. The van der Waals surface area contributed by atoms with Crippen molar-refractivity contribution in [2.75, 3.05) is 0 Å². The molecule has 2 atom stereocenters. The highest BCUT2D eigenvalue weighted by atomic mass is 16.2. The van der Waals surface area contributed by atoms with Crippen LogP contribution in [-0.4, -0.2) is 16.4 Å². The van der Waals surface area contributed by atoms with Gasteiger partial charge >= 0.3 is 0 Å². The molecule has 0 fully saturated rings. The van der Waals surface area contributed by atoms with Crippen LogP contribution in [-0.2, 0) is 16.6 Å². The molecule has 1 aliphatic rings. The average molecular weight is 272 g/mol. The van der Waals surface area contributed by atoms with E-state index in [0.29, 0.717) is 0 Å². The Kier molecular flexibility index (Phi) is 3.72. The summed E-state index contributed by atoms with van der Waals surface area (Å²) in [6.45, 7) is 11.9. The third-order valence-electron chi connectivity index (χ3n) is 4.17. The molecule has 1 amide bonds. The molecule has 0 aliphatic heterocycles. The summed E-state index contributed by atoms with van der Waals surface area (Å²) in [5.41, 5.74) is 1.54. The number of hydrogen-bond acceptors (Lipinski definition) is 2. The van der Waals surface area contributed by atoms with Gasteiger partial charge in [-0.25, -0.2) is 0 Å². The topological polar surface area (TPSA) is 42.0 Å². The normalized spacial score (nSPS) is 25.1. The van der Waals surface area contributed by atoms with E-state index in [0.717, 1.165) is 18.4 Å². The molecule has 0 radical (unpaired) electrons. The van der Waals surface area contributed by atoms with Crippen LogP contribution in [0.3, 0.4) is 0 Å². The maximum Gasteiger partial charge on any atom is 0.231 e. The minimum atomic E-state index is -0.523. The van der Waals surface area contributed by atoms with Crippen LogP contribution in [0.15, 0.2) is 31.1 Å². The second kappa shape index (κ2) is 5.04. The Morgan fingerprint density at radius 1 is 1.60 bits per heavy atom. The number of carbonyl (C=O) groups excluding carboxylic acids is 1. The van der Waals surface area contributed by atoms with E-state index in [9.17, 15) is 4.79 Å². The molecule has 0 bridgehead atoms. The fourth-order valence-electron chi connectivity index (χ4n) is 3.06. The summed E-state index contributed by atoms with van der Waals surface area (Å²) in [5, 5.41) is 3.13. The van der Waals surface area contributed by atoms with Gasteiger partial charge < -0.3 is 5.32 Å².